The Balaban J connectivity index is 2.61. The van der Waals surface area contributed by atoms with Crippen molar-refractivity contribution in [3.05, 3.63) is 16.7 Å². The van der Waals surface area contributed by atoms with Crippen LogP contribution < -0.4 is 15.8 Å². The second-order valence-corrected chi connectivity index (χ2v) is 6.17. The summed E-state index contributed by atoms with van der Waals surface area (Å²) in [6.07, 6.45) is 0.571. The number of carboxylic acid groups (broad SMARTS) is 1. The molecule has 5 N–H and O–H groups in total. The summed E-state index contributed by atoms with van der Waals surface area (Å²) in [6.45, 7) is 0.249. The molecule has 0 bridgehead atoms. The van der Waals surface area contributed by atoms with Crippen molar-refractivity contribution in [2.24, 2.45) is 0 Å². The molecule has 0 atom stereocenters. The standard InChI is InChI=1S/C9H13BrN4O4S/c10-6-4-7(8(11)13-5-6)19(17,18)14-3-1-2-12-9(15)16/h4-5,12,14H,1-3H2,(H2,11,13)(H,15,16). The number of nitrogen functional groups attached to an aromatic ring is 1. The summed E-state index contributed by atoms with van der Waals surface area (Å²) < 4.78 is 26.6. The zero-order valence-corrected chi connectivity index (χ0v) is 12.2. The third-order valence-electron chi connectivity index (χ3n) is 2.06. The van der Waals surface area contributed by atoms with E-state index in [1.807, 2.05) is 0 Å². The van der Waals surface area contributed by atoms with Gasteiger partial charge in [0, 0.05) is 23.8 Å². The Kier molecular flexibility index (Phi) is 5.51. The van der Waals surface area contributed by atoms with Gasteiger partial charge in [-0.2, -0.15) is 0 Å². The molecule has 0 radical (unpaired) electrons. The molecule has 8 nitrogen and oxygen atoms in total. The van der Waals surface area contributed by atoms with E-state index in [4.69, 9.17) is 10.8 Å². The molecule has 0 spiro atoms. The lowest BCUT2D eigenvalue weighted by atomic mass is 10.4. The summed E-state index contributed by atoms with van der Waals surface area (Å²) in [5.41, 5.74) is 5.50. The quantitative estimate of drug-likeness (QED) is 0.546. The Morgan fingerprint density at radius 3 is 2.79 bits per heavy atom. The highest BCUT2D eigenvalue weighted by molar-refractivity contribution is 9.10. The zero-order chi connectivity index (χ0) is 14.5. The number of nitrogens with two attached hydrogens (primary N) is 1. The first-order valence-corrected chi connectivity index (χ1v) is 7.48. The van der Waals surface area contributed by atoms with Crippen LogP contribution in [0.2, 0.25) is 0 Å². The molecule has 0 unspecified atom stereocenters. The van der Waals surface area contributed by atoms with E-state index in [-0.39, 0.29) is 23.8 Å². The molecular weight excluding hydrogens is 340 g/mol. The van der Waals surface area contributed by atoms with E-state index >= 15 is 0 Å². The number of pyridine rings is 1. The van der Waals surface area contributed by atoms with Crippen LogP contribution in [0.15, 0.2) is 21.6 Å². The fraction of sp³-hybridized carbons (Fsp3) is 0.333. The van der Waals surface area contributed by atoms with Gasteiger partial charge in [0.25, 0.3) is 0 Å². The molecule has 0 aliphatic heterocycles. The minimum atomic E-state index is -3.76. The largest absolute Gasteiger partial charge is 0.465 e. The van der Waals surface area contributed by atoms with Crippen molar-refractivity contribution in [3.63, 3.8) is 0 Å². The first-order valence-electron chi connectivity index (χ1n) is 5.20. The molecule has 0 saturated heterocycles. The van der Waals surface area contributed by atoms with Crippen molar-refractivity contribution in [2.75, 3.05) is 18.8 Å². The molecule has 0 saturated carbocycles. The van der Waals surface area contributed by atoms with Crippen molar-refractivity contribution < 1.29 is 18.3 Å². The number of nitrogens with one attached hydrogen (secondary N) is 2. The smallest absolute Gasteiger partial charge is 0.404 e. The molecule has 1 aromatic heterocycles. The van der Waals surface area contributed by atoms with Crippen LogP contribution in [0.1, 0.15) is 6.42 Å². The van der Waals surface area contributed by atoms with Crippen LogP contribution in [0.4, 0.5) is 10.6 Å². The highest BCUT2D eigenvalue weighted by Crippen LogP contribution is 2.20. The highest BCUT2D eigenvalue weighted by atomic mass is 79.9. The molecule has 0 aromatic carbocycles. The molecule has 0 aliphatic rings. The molecule has 1 rings (SSSR count). The van der Waals surface area contributed by atoms with Gasteiger partial charge in [-0.1, -0.05) is 0 Å². The Bertz CT molecular complexity index is 563. The van der Waals surface area contributed by atoms with Crippen LogP contribution in [0.3, 0.4) is 0 Å². The Morgan fingerprint density at radius 1 is 1.47 bits per heavy atom. The van der Waals surface area contributed by atoms with E-state index in [0.29, 0.717) is 10.9 Å². The maximum absolute atomic E-state index is 11.9. The lowest BCUT2D eigenvalue weighted by Gasteiger charge is -2.08. The second kappa shape index (κ2) is 6.68. The van der Waals surface area contributed by atoms with Gasteiger partial charge in [0.15, 0.2) is 0 Å². The lowest BCUT2D eigenvalue weighted by Crippen LogP contribution is -2.29. The van der Waals surface area contributed by atoms with E-state index in [1.54, 1.807) is 0 Å². The number of aromatic nitrogens is 1. The van der Waals surface area contributed by atoms with Crippen LogP contribution in [-0.2, 0) is 10.0 Å². The predicted molar refractivity (Wildman–Crippen MR) is 72.2 cm³/mol. The monoisotopic (exact) mass is 352 g/mol. The van der Waals surface area contributed by atoms with Crippen LogP contribution in [0.5, 0.6) is 0 Å². The van der Waals surface area contributed by atoms with Crippen molar-refractivity contribution in [1.29, 1.82) is 0 Å². The fourth-order valence-electron chi connectivity index (χ4n) is 1.21. The van der Waals surface area contributed by atoms with Crippen molar-refractivity contribution >= 4 is 37.9 Å². The van der Waals surface area contributed by atoms with E-state index in [1.165, 1.54) is 12.3 Å². The van der Waals surface area contributed by atoms with Gasteiger partial charge in [0.05, 0.1) is 0 Å². The number of anilines is 1. The number of carbonyl (C=O) groups is 1. The lowest BCUT2D eigenvalue weighted by molar-refractivity contribution is 0.194. The summed E-state index contributed by atoms with van der Waals surface area (Å²) in [5.74, 6) is -0.0978. The third kappa shape index (κ3) is 5.01. The van der Waals surface area contributed by atoms with Crippen LogP contribution in [0, 0.1) is 0 Å². The van der Waals surface area contributed by atoms with Gasteiger partial charge in [-0.15, -0.1) is 0 Å². The minimum absolute atomic E-state index is 0.0918. The first-order chi connectivity index (χ1) is 8.83. The van der Waals surface area contributed by atoms with Crippen molar-refractivity contribution in [2.45, 2.75) is 11.3 Å². The Hall–Kier alpha value is -1.39. The molecule has 106 valence electrons. The summed E-state index contributed by atoms with van der Waals surface area (Å²) >= 11 is 3.11. The van der Waals surface area contributed by atoms with Gasteiger partial charge < -0.3 is 16.2 Å². The molecule has 1 aromatic rings. The zero-order valence-electron chi connectivity index (χ0n) is 9.76. The van der Waals surface area contributed by atoms with Gasteiger partial charge in [-0.05, 0) is 28.4 Å². The molecule has 1 amide bonds. The summed E-state index contributed by atoms with van der Waals surface area (Å²) in [5, 5.41) is 10.5. The minimum Gasteiger partial charge on any atom is -0.465 e. The van der Waals surface area contributed by atoms with E-state index in [2.05, 4.69) is 31.0 Å². The molecular formula is C9H13BrN4O4S. The number of sulfonamides is 1. The van der Waals surface area contributed by atoms with Gasteiger partial charge >= 0.3 is 6.09 Å². The van der Waals surface area contributed by atoms with Crippen LogP contribution in [-0.4, -0.2) is 37.7 Å². The van der Waals surface area contributed by atoms with E-state index in [9.17, 15) is 13.2 Å². The maximum Gasteiger partial charge on any atom is 0.404 e. The van der Waals surface area contributed by atoms with Gasteiger partial charge in [-0.25, -0.2) is 22.9 Å². The number of hydrogen-bond donors (Lipinski definition) is 4. The van der Waals surface area contributed by atoms with Crippen molar-refractivity contribution in [3.8, 4) is 0 Å². The SMILES string of the molecule is Nc1ncc(Br)cc1S(=O)(=O)NCCCNC(=O)O. The van der Waals surface area contributed by atoms with Gasteiger partial charge in [-0.3, -0.25) is 0 Å². The molecule has 10 heteroatoms. The topological polar surface area (TPSA) is 134 Å². The number of hydrogen-bond acceptors (Lipinski definition) is 5. The van der Waals surface area contributed by atoms with Crippen LogP contribution in [0.25, 0.3) is 0 Å². The molecule has 0 aliphatic carbocycles. The first kappa shape index (κ1) is 15.7. The summed E-state index contributed by atoms with van der Waals surface area (Å²) in [4.78, 5) is 13.8. The van der Waals surface area contributed by atoms with Gasteiger partial charge in [0.1, 0.15) is 10.7 Å². The summed E-state index contributed by atoms with van der Waals surface area (Å²) in [6, 6.07) is 1.35. The average Bonchev–Trinajstić information content (AvgIpc) is 2.31. The average molecular weight is 353 g/mol. The van der Waals surface area contributed by atoms with Gasteiger partial charge in [0.2, 0.25) is 10.0 Å². The number of halogens is 1. The number of amides is 1. The Labute approximate surface area is 118 Å². The highest BCUT2D eigenvalue weighted by Gasteiger charge is 2.18. The van der Waals surface area contributed by atoms with E-state index in [0.717, 1.165) is 0 Å². The number of rotatable bonds is 6. The van der Waals surface area contributed by atoms with Crippen molar-refractivity contribution in [1.82, 2.24) is 15.0 Å². The third-order valence-corrected chi connectivity index (χ3v) is 3.98. The fourth-order valence-corrected chi connectivity index (χ4v) is 2.88. The predicted octanol–water partition coefficient (Wildman–Crippen LogP) is 0.362. The van der Waals surface area contributed by atoms with Crippen LogP contribution >= 0.6 is 15.9 Å². The number of nitrogens with zero attached hydrogens (tertiary/aromatic N) is 1. The molecule has 0 fully saturated rings. The summed E-state index contributed by atoms with van der Waals surface area (Å²) in [7, 11) is -3.76. The second-order valence-electron chi connectivity index (χ2n) is 3.52. The normalized spacial score (nSPS) is 11.2. The molecule has 19 heavy (non-hydrogen) atoms. The van der Waals surface area contributed by atoms with E-state index < -0.39 is 16.1 Å². The Morgan fingerprint density at radius 2 is 2.16 bits per heavy atom. The maximum atomic E-state index is 11.9. The molecule has 1 heterocycles.